The molecule has 2 N–H and O–H groups in total. The van der Waals surface area contributed by atoms with Gasteiger partial charge in [-0.1, -0.05) is 0 Å². The number of hydrogen-bond donors (Lipinski definition) is 1. The summed E-state index contributed by atoms with van der Waals surface area (Å²) >= 11 is 0. The smallest absolute Gasteiger partial charge is 0.731 e. The molecule has 10 heteroatoms. The minimum atomic E-state index is -4.97. The predicted molar refractivity (Wildman–Crippen MR) is 40.1 cm³/mol. The van der Waals surface area contributed by atoms with Crippen LogP contribution >= 0.6 is 0 Å². The largest absolute Gasteiger partial charge is 1.00 e. The van der Waals surface area contributed by atoms with E-state index in [0.717, 1.165) is 6.92 Å². The van der Waals surface area contributed by atoms with Gasteiger partial charge in [0.1, 0.15) is 6.04 Å². The molecule has 1 aliphatic rings. The van der Waals surface area contributed by atoms with Crippen molar-refractivity contribution >= 4 is 22.2 Å². The van der Waals surface area contributed by atoms with Gasteiger partial charge in [-0.15, -0.1) is 0 Å². The molecule has 0 bridgehead atoms. The van der Waals surface area contributed by atoms with Gasteiger partial charge in [0.2, 0.25) is 6.23 Å². The second kappa shape index (κ2) is 4.76. The fraction of sp³-hybridized carbons (Fsp3) is 0.600. The molecule has 1 rings (SSSR count). The van der Waals surface area contributed by atoms with Gasteiger partial charge in [-0.05, 0) is 0 Å². The van der Waals surface area contributed by atoms with Crippen LogP contribution < -0.4 is 35.3 Å². The molecule has 0 aromatic heterocycles. The molecule has 0 saturated carbocycles. The van der Waals surface area contributed by atoms with E-state index in [-0.39, 0.29) is 33.9 Å². The Hall–Kier alpha value is -0.190. The van der Waals surface area contributed by atoms with Crippen LogP contribution in [0.25, 0.3) is 0 Å². The van der Waals surface area contributed by atoms with Crippen LogP contribution in [0.3, 0.4) is 0 Å². The van der Waals surface area contributed by atoms with Gasteiger partial charge in [0.25, 0.3) is 5.91 Å². The zero-order valence-electron chi connectivity index (χ0n) is 8.04. The third-order valence-corrected chi connectivity index (χ3v) is 2.44. The molecular weight excluding hydrogens is 239 g/mol. The molecule has 1 saturated heterocycles. The van der Waals surface area contributed by atoms with E-state index < -0.39 is 34.5 Å². The van der Waals surface area contributed by atoms with Gasteiger partial charge in [0, 0.05) is 6.92 Å². The van der Waals surface area contributed by atoms with Crippen LogP contribution in [0.1, 0.15) is 6.92 Å². The van der Waals surface area contributed by atoms with E-state index in [4.69, 9.17) is 5.73 Å². The third kappa shape index (κ3) is 2.89. The van der Waals surface area contributed by atoms with E-state index in [2.05, 4.69) is 4.74 Å². The molecule has 0 aliphatic carbocycles. The normalized spacial score (nSPS) is 25.3. The summed E-state index contributed by atoms with van der Waals surface area (Å²) in [5.74, 6) is -1.90. The molecule has 2 atom stereocenters. The number of nitrogens with zero attached hydrogens (tertiary/aromatic N) is 1. The van der Waals surface area contributed by atoms with Crippen molar-refractivity contribution in [2.24, 2.45) is 5.73 Å². The first kappa shape index (κ1) is 14.8. The van der Waals surface area contributed by atoms with E-state index in [1.54, 1.807) is 0 Å². The number of ether oxygens (including phenoxy) is 1. The van der Waals surface area contributed by atoms with Gasteiger partial charge < -0.3 is 15.0 Å². The summed E-state index contributed by atoms with van der Waals surface area (Å²) in [6.45, 7) is 1.01. The van der Waals surface area contributed by atoms with Crippen LogP contribution in [0.2, 0.25) is 0 Å². The minimum absolute atomic E-state index is 0. The van der Waals surface area contributed by atoms with E-state index in [1.807, 2.05) is 0 Å². The number of β-lactam (4-membered cyclic amide) rings is 1. The van der Waals surface area contributed by atoms with Crippen LogP contribution in [0.4, 0.5) is 0 Å². The molecule has 0 spiro atoms. The van der Waals surface area contributed by atoms with Gasteiger partial charge in [-0.2, -0.15) is 0 Å². The molecule has 80 valence electrons. The number of carbonyl (C=O) groups is 2. The molecule has 1 amide bonds. The summed E-state index contributed by atoms with van der Waals surface area (Å²) in [6, 6.07) is -1.29. The first-order valence-corrected chi connectivity index (χ1v) is 4.83. The van der Waals surface area contributed by atoms with E-state index in [0.29, 0.717) is 0 Å². The number of nitrogens with two attached hydrogens (primary N) is 1. The van der Waals surface area contributed by atoms with E-state index in [1.165, 1.54) is 0 Å². The Morgan fingerprint density at radius 3 is 2.40 bits per heavy atom. The third-order valence-electron chi connectivity index (χ3n) is 1.57. The fourth-order valence-corrected chi connectivity index (χ4v) is 1.76. The number of amides is 1. The Balaban J connectivity index is 0.00000196. The number of hydrogen-bond acceptors (Lipinski definition) is 7. The summed E-state index contributed by atoms with van der Waals surface area (Å²) in [6.07, 6.45) is -1.51. The van der Waals surface area contributed by atoms with Crippen LogP contribution in [0, 0.1) is 0 Å². The maximum absolute atomic E-state index is 10.8. The monoisotopic (exact) mass is 246 g/mol. The summed E-state index contributed by atoms with van der Waals surface area (Å²) in [5.41, 5.74) is 5.13. The van der Waals surface area contributed by atoms with Crippen molar-refractivity contribution in [3.05, 3.63) is 0 Å². The first-order chi connectivity index (χ1) is 6.25. The summed E-state index contributed by atoms with van der Waals surface area (Å²) in [5, 5.41) is 0. The van der Waals surface area contributed by atoms with Gasteiger partial charge >= 0.3 is 35.5 Å². The Kier molecular flexibility index (Phi) is 4.70. The molecule has 1 heterocycles. The Labute approximate surface area is 108 Å². The molecule has 1 fully saturated rings. The van der Waals surface area contributed by atoms with Crippen molar-refractivity contribution in [1.29, 1.82) is 0 Å². The zero-order chi connectivity index (χ0) is 11.1. The van der Waals surface area contributed by atoms with Crippen molar-refractivity contribution in [2.45, 2.75) is 19.2 Å². The average molecular weight is 246 g/mol. The Morgan fingerprint density at radius 1 is 1.60 bits per heavy atom. The van der Waals surface area contributed by atoms with Gasteiger partial charge in [-0.25, -0.2) is 12.7 Å². The maximum Gasteiger partial charge on any atom is 1.00 e. The second-order valence-electron chi connectivity index (χ2n) is 2.62. The van der Waals surface area contributed by atoms with Gasteiger partial charge in [0.05, 0.1) is 0 Å². The second-order valence-corrected chi connectivity index (χ2v) is 3.87. The maximum atomic E-state index is 10.8. The van der Waals surface area contributed by atoms with Crippen molar-refractivity contribution in [3.63, 3.8) is 0 Å². The number of carbonyl (C=O) groups excluding carboxylic acids is 2. The fourth-order valence-electron chi connectivity index (χ4n) is 0.987. The van der Waals surface area contributed by atoms with Gasteiger partial charge in [-0.3, -0.25) is 9.59 Å². The molecule has 0 aromatic carbocycles. The standard InChI is InChI=1S/C5H8N2O6S.Na/c1-2(8)13-5-3(6)4(9)7(5)14(10,11)12;/h3,5H,6H2,1H3,(H,10,11,12);/q;+1/p-1/t3-,5-;/m1./s1. The van der Waals surface area contributed by atoms with E-state index in [9.17, 15) is 22.6 Å². The number of rotatable bonds is 2. The molecule has 1 aliphatic heterocycles. The average Bonchev–Trinajstić information content (AvgIpc) is 1.99. The zero-order valence-corrected chi connectivity index (χ0v) is 10.9. The van der Waals surface area contributed by atoms with Crippen molar-refractivity contribution in [2.75, 3.05) is 0 Å². The summed E-state index contributed by atoms with van der Waals surface area (Å²) in [7, 11) is -4.97. The topological polar surface area (TPSA) is 130 Å². The molecule has 0 radical (unpaired) electrons. The predicted octanol–water partition coefficient (Wildman–Crippen LogP) is -5.49. The molecule has 15 heavy (non-hydrogen) atoms. The quantitative estimate of drug-likeness (QED) is 0.222. The van der Waals surface area contributed by atoms with Crippen LogP contribution in [-0.2, 0) is 24.6 Å². The van der Waals surface area contributed by atoms with Crippen LogP contribution in [0.15, 0.2) is 0 Å². The summed E-state index contributed by atoms with van der Waals surface area (Å²) in [4.78, 5) is 21.3. The van der Waals surface area contributed by atoms with Crippen LogP contribution in [0.5, 0.6) is 0 Å². The SMILES string of the molecule is CC(=O)O[C@@H]1[C@H](N)C(=O)N1S(=O)(=O)[O-].[Na+]. The Morgan fingerprint density at radius 2 is 2.07 bits per heavy atom. The molecule has 0 unspecified atom stereocenters. The number of esters is 1. The van der Waals surface area contributed by atoms with Gasteiger partial charge in [0.15, 0.2) is 10.3 Å². The van der Waals surface area contributed by atoms with Crippen molar-refractivity contribution < 1.29 is 56.9 Å². The van der Waals surface area contributed by atoms with E-state index >= 15 is 0 Å². The van der Waals surface area contributed by atoms with Crippen LogP contribution in [-0.4, -0.2) is 41.4 Å². The molecule has 8 nitrogen and oxygen atoms in total. The van der Waals surface area contributed by atoms with Crippen molar-refractivity contribution in [3.8, 4) is 0 Å². The Bertz CT molecular complexity index is 381. The first-order valence-electron chi connectivity index (χ1n) is 3.47. The summed E-state index contributed by atoms with van der Waals surface area (Å²) < 4.78 is 35.7. The minimum Gasteiger partial charge on any atom is -0.731 e. The molecular formula is C5H7N2NaO6S. The molecule has 0 aromatic rings. The van der Waals surface area contributed by atoms with Crippen molar-refractivity contribution in [1.82, 2.24) is 4.31 Å².